The van der Waals surface area contributed by atoms with E-state index < -0.39 is 22.0 Å². The number of hydrogen-bond donors (Lipinski definition) is 4. The molecule has 0 aliphatic carbocycles. The molecule has 9 heteroatoms. The zero-order valence-electron chi connectivity index (χ0n) is 11.2. The van der Waals surface area contributed by atoms with Gasteiger partial charge >= 0.3 is 0 Å². The monoisotopic (exact) mass is 302 g/mol. The average Bonchev–Trinajstić information content (AvgIpc) is 2.36. The van der Waals surface area contributed by atoms with Gasteiger partial charge in [-0.25, -0.2) is 12.7 Å². The number of anilines is 2. The number of nitrogen functional groups attached to an aromatic ring is 1. The lowest BCUT2D eigenvalue weighted by Crippen LogP contribution is -2.34. The Kier molecular flexibility index (Phi) is 4.93. The summed E-state index contributed by atoms with van der Waals surface area (Å²) in [4.78, 5) is 10.7. The van der Waals surface area contributed by atoms with Crippen LogP contribution in [0.15, 0.2) is 23.1 Å². The van der Waals surface area contributed by atoms with E-state index in [1.165, 1.54) is 32.3 Å². The van der Waals surface area contributed by atoms with Crippen molar-refractivity contribution in [1.29, 1.82) is 0 Å². The van der Waals surface area contributed by atoms with Crippen molar-refractivity contribution in [1.82, 2.24) is 4.31 Å². The number of benzene rings is 1. The molecule has 8 nitrogen and oxygen atoms in total. The van der Waals surface area contributed by atoms with Crippen LogP contribution in [0.25, 0.3) is 0 Å². The number of aliphatic hydroxyl groups is 1. The maximum atomic E-state index is 11.9. The Labute approximate surface area is 117 Å². The van der Waals surface area contributed by atoms with Crippen molar-refractivity contribution >= 4 is 27.3 Å². The first kappa shape index (κ1) is 16.2. The first-order valence-electron chi connectivity index (χ1n) is 5.69. The maximum absolute atomic E-state index is 11.9. The number of nitrogens with zero attached hydrogens (tertiary/aromatic N) is 1. The van der Waals surface area contributed by atoms with E-state index in [0.717, 1.165) is 4.31 Å². The molecule has 1 aromatic rings. The van der Waals surface area contributed by atoms with E-state index in [1.807, 2.05) is 0 Å². The maximum Gasteiger partial charge on any atom is 0.248 e. The minimum absolute atomic E-state index is 0.0565. The molecule has 0 saturated heterocycles. The number of carbonyl (C=O) groups is 1. The fourth-order valence-corrected chi connectivity index (χ4v) is 2.32. The molecule has 0 aliphatic rings. The topological polar surface area (TPSA) is 139 Å². The molecule has 0 aromatic heterocycles. The quantitative estimate of drug-likeness (QED) is 0.486. The number of hydrogen-bond acceptors (Lipinski definition) is 6. The summed E-state index contributed by atoms with van der Waals surface area (Å²) < 4.78 is 24.9. The molecule has 1 amide bonds. The minimum Gasteiger partial charge on any atom is -0.397 e. The van der Waals surface area contributed by atoms with Crippen molar-refractivity contribution in [3.05, 3.63) is 18.2 Å². The molecule has 20 heavy (non-hydrogen) atoms. The van der Waals surface area contributed by atoms with Gasteiger partial charge in [-0.3, -0.25) is 4.79 Å². The Hall–Kier alpha value is -1.84. The van der Waals surface area contributed by atoms with Crippen molar-refractivity contribution in [2.24, 2.45) is 5.73 Å². The molecule has 0 saturated carbocycles. The standard InChI is InChI=1S/C11H18N4O4S/c1-15(2)20(18,19)7-3-4-9(8(12)5-7)14-6-10(16)11(13)17/h3-5,10,14,16H,6,12H2,1-2H3,(H2,13,17). The van der Waals surface area contributed by atoms with Crippen LogP contribution in [0.1, 0.15) is 0 Å². The number of nitrogens with one attached hydrogen (secondary N) is 1. The van der Waals surface area contributed by atoms with Crippen LogP contribution in [0.5, 0.6) is 0 Å². The number of amides is 1. The molecule has 0 radical (unpaired) electrons. The van der Waals surface area contributed by atoms with Gasteiger partial charge in [-0.05, 0) is 18.2 Å². The first-order chi connectivity index (χ1) is 9.16. The molecular formula is C11H18N4O4S. The summed E-state index contributed by atoms with van der Waals surface area (Å²) in [5, 5.41) is 12.0. The van der Waals surface area contributed by atoms with Crippen LogP contribution in [0.2, 0.25) is 0 Å². The normalized spacial score (nSPS) is 13.2. The van der Waals surface area contributed by atoms with Gasteiger partial charge in [-0.15, -0.1) is 0 Å². The SMILES string of the molecule is CN(C)S(=O)(=O)c1ccc(NCC(O)C(N)=O)c(N)c1. The van der Waals surface area contributed by atoms with Crippen LogP contribution in [0.3, 0.4) is 0 Å². The summed E-state index contributed by atoms with van der Waals surface area (Å²) in [6.07, 6.45) is -1.35. The highest BCUT2D eigenvalue weighted by molar-refractivity contribution is 7.89. The molecular weight excluding hydrogens is 284 g/mol. The third-order valence-corrected chi connectivity index (χ3v) is 4.43. The second-order valence-corrected chi connectivity index (χ2v) is 6.49. The van der Waals surface area contributed by atoms with Gasteiger partial charge in [0.1, 0.15) is 6.10 Å². The van der Waals surface area contributed by atoms with Gasteiger partial charge in [-0.1, -0.05) is 0 Å². The van der Waals surface area contributed by atoms with Gasteiger partial charge in [0.15, 0.2) is 0 Å². The largest absolute Gasteiger partial charge is 0.397 e. The van der Waals surface area contributed by atoms with E-state index in [9.17, 15) is 18.3 Å². The number of rotatable bonds is 6. The molecule has 6 N–H and O–H groups in total. The smallest absolute Gasteiger partial charge is 0.248 e. The van der Waals surface area contributed by atoms with Gasteiger partial charge < -0.3 is 21.9 Å². The summed E-state index contributed by atoms with van der Waals surface area (Å²) in [5.41, 5.74) is 11.2. The molecule has 1 aromatic carbocycles. The zero-order valence-corrected chi connectivity index (χ0v) is 12.0. The first-order valence-corrected chi connectivity index (χ1v) is 7.13. The third kappa shape index (κ3) is 3.59. The second-order valence-electron chi connectivity index (χ2n) is 4.34. The molecule has 112 valence electrons. The Bertz CT molecular complexity index is 600. The van der Waals surface area contributed by atoms with E-state index in [4.69, 9.17) is 11.5 Å². The number of sulfonamides is 1. The van der Waals surface area contributed by atoms with E-state index >= 15 is 0 Å². The van der Waals surface area contributed by atoms with Gasteiger partial charge in [0.2, 0.25) is 15.9 Å². The predicted molar refractivity (Wildman–Crippen MR) is 75.4 cm³/mol. The summed E-state index contributed by atoms with van der Waals surface area (Å²) in [5.74, 6) is -0.858. The number of primary amides is 1. The summed E-state index contributed by atoms with van der Waals surface area (Å²) in [6, 6.07) is 4.14. The molecule has 0 bridgehead atoms. The van der Waals surface area contributed by atoms with E-state index in [1.54, 1.807) is 0 Å². The molecule has 1 unspecified atom stereocenters. The van der Waals surface area contributed by atoms with Crippen LogP contribution in [0, 0.1) is 0 Å². The van der Waals surface area contributed by atoms with Crippen LogP contribution in [-0.2, 0) is 14.8 Å². The number of nitrogens with two attached hydrogens (primary N) is 2. The van der Waals surface area contributed by atoms with Crippen LogP contribution >= 0.6 is 0 Å². The molecule has 0 heterocycles. The summed E-state index contributed by atoms with van der Waals surface area (Å²) in [6.45, 7) is -0.112. The van der Waals surface area contributed by atoms with E-state index in [0.29, 0.717) is 5.69 Å². The number of carbonyl (C=O) groups excluding carboxylic acids is 1. The minimum atomic E-state index is -3.56. The lowest BCUT2D eigenvalue weighted by Gasteiger charge is -2.15. The van der Waals surface area contributed by atoms with Crippen LogP contribution in [-0.4, -0.2) is 50.5 Å². The van der Waals surface area contributed by atoms with E-state index in [-0.39, 0.29) is 17.1 Å². The highest BCUT2D eigenvalue weighted by atomic mass is 32.2. The lowest BCUT2D eigenvalue weighted by molar-refractivity contribution is -0.125. The second kappa shape index (κ2) is 6.07. The van der Waals surface area contributed by atoms with Crippen molar-refractivity contribution in [2.45, 2.75) is 11.0 Å². The Morgan fingerprint density at radius 1 is 1.45 bits per heavy atom. The summed E-state index contributed by atoms with van der Waals surface area (Å²) in [7, 11) is -0.724. The fraction of sp³-hybridized carbons (Fsp3) is 0.364. The van der Waals surface area contributed by atoms with Gasteiger partial charge in [0.25, 0.3) is 0 Å². The Balaban J connectivity index is 2.92. The van der Waals surface area contributed by atoms with Crippen LogP contribution in [0.4, 0.5) is 11.4 Å². The lowest BCUT2D eigenvalue weighted by atomic mass is 10.2. The van der Waals surface area contributed by atoms with Crippen molar-refractivity contribution in [3.8, 4) is 0 Å². The molecule has 1 rings (SSSR count). The van der Waals surface area contributed by atoms with Gasteiger partial charge in [0.05, 0.1) is 16.3 Å². The Morgan fingerprint density at radius 3 is 2.50 bits per heavy atom. The highest BCUT2D eigenvalue weighted by Crippen LogP contribution is 2.23. The summed E-state index contributed by atoms with van der Waals surface area (Å²) >= 11 is 0. The van der Waals surface area contributed by atoms with Crippen molar-refractivity contribution in [3.63, 3.8) is 0 Å². The predicted octanol–water partition coefficient (Wildman–Crippen LogP) is -1.22. The highest BCUT2D eigenvalue weighted by Gasteiger charge is 2.18. The molecule has 0 spiro atoms. The molecule has 1 atom stereocenters. The van der Waals surface area contributed by atoms with E-state index in [2.05, 4.69) is 5.32 Å². The van der Waals surface area contributed by atoms with Gasteiger partial charge in [0, 0.05) is 20.6 Å². The van der Waals surface area contributed by atoms with Crippen molar-refractivity contribution in [2.75, 3.05) is 31.7 Å². The average molecular weight is 302 g/mol. The molecule has 0 aliphatic heterocycles. The van der Waals surface area contributed by atoms with Crippen molar-refractivity contribution < 1.29 is 18.3 Å². The third-order valence-electron chi connectivity index (χ3n) is 2.62. The Morgan fingerprint density at radius 2 is 2.05 bits per heavy atom. The zero-order chi connectivity index (χ0) is 15.5. The fourth-order valence-electron chi connectivity index (χ4n) is 1.38. The number of aliphatic hydroxyl groups excluding tert-OH is 1. The molecule has 0 fully saturated rings. The van der Waals surface area contributed by atoms with Crippen LogP contribution < -0.4 is 16.8 Å². The van der Waals surface area contributed by atoms with Gasteiger partial charge in [-0.2, -0.15) is 0 Å².